The van der Waals surface area contributed by atoms with Crippen molar-refractivity contribution in [2.75, 3.05) is 11.9 Å². The van der Waals surface area contributed by atoms with Gasteiger partial charge in [0, 0.05) is 31.2 Å². The van der Waals surface area contributed by atoms with Gasteiger partial charge in [0.15, 0.2) is 0 Å². The van der Waals surface area contributed by atoms with Crippen LogP contribution < -0.4 is 15.0 Å². The van der Waals surface area contributed by atoms with E-state index in [-0.39, 0.29) is 18.3 Å². The lowest BCUT2D eigenvalue weighted by Crippen LogP contribution is -2.40. The summed E-state index contributed by atoms with van der Waals surface area (Å²) >= 11 is 0. The van der Waals surface area contributed by atoms with Crippen LogP contribution >= 0.6 is 12.4 Å². The summed E-state index contributed by atoms with van der Waals surface area (Å²) < 4.78 is 5.82. The molecule has 2 aromatic rings. The first-order valence-electron chi connectivity index (χ1n) is 9.53. The predicted octanol–water partition coefficient (Wildman–Crippen LogP) is 4.78. The molecule has 0 radical (unpaired) electrons. The lowest BCUT2D eigenvalue weighted by molar-refractivity contribution is -0.119. The van der Waals surface area contributed by atoms with Gasteiger partial charge in [-0.05, 0) is 68.0 Å². The molecule has 2 aliphatic rings. The van der Waals surface area contributed by atoms with Gasteiger partial charge >= 0.3 is 0 Å². The van der Waals surface area contributed by atoms with E-state index in [1.807, 2.05) is 61.6 Å². The van der Waals surface area contributed by atoms with E-state index in [1.54, 1.807) is 4.90 Å². The molecule has 0 aliphatic carbocycles. The molecule has 5 heteroatoms. The Kier molecular flexibility index (Phi) is 6.40. The van der Waals surface area contributed by atoms with E-state index in [0.29, 0.717) is 24.4 Å². The molecule has 2 atom stereocenters. The first-order valence-corrected chi connectivity index (χ1v) is 9.53. The number of nitrogens with zero attached hydrogens (tertiary/aromatic N) is 1. The van der Waals surface area contributed by atoms with Crippen LogP contribution in [0, 0.1) is 5.92 Å². The van der Waals surface area contributed by atoms with Gasteiger partial charge in [-0.2, -0.15) is 0 Å². The molecule has 2 saturated heterocycles. The summed E-state index contributed by atoms with van der Waals surface area (Å²) in [6.07, 6.45) is 5.47. The zero-order valence-corrected chi connectivity index (χ0v) is 16.5. The van der Waals surface area contributed by atoms with E-state index in [4.69, 9.17) is 4.74 Å². The minimum atomic E-state index is 0. The van der Waals surface area contributed by atoms with Crippen molar-refractivity contribution < 1.29 is 9.53 Å². The number of fused-ring (bicyclic) bond motifs is 2. The average Bonchev–Trinajstić information content (AvgIpc) is 3.01. The number of carbonyl (C=O) groups is 1. The molecule has 1 amide bonds. The Labute approximate surface area is 167 Å². The molecule has 144 valence electrons. The van der Waals surface area contributed by atoms with E-state index < -0.39 is 0 Å². The van der Waals surface area contributed by atoms with Crippen LogP contribution in [0.15, 0.2) is 54.6 Å². The summed E-state index contributed by atoms with van der Waals surface area (Å²) in [7, 11) is 1.87. The first-order chi connectivity index (χ1) is 12.7. The van der Waals surface area contributed by atoms with E-state index in [2.05, 4.69) is 5.32 Å². The Bertz CT molecular complexity index is 739. The summed E-state index contributed by atoms with van der Waals surface area (Å²) in [5, 5.41) is 3.64. The zero-order chi connectivity index (χ0) is 17.9. The van der Waals surface area contributed by atoms with Gasteiger partial charge in [-0.15, -0.1) is 12.4 Å². The Morgan fingerprint density at radius 2 is 1.59 bits per heavy atom. The van der Waals surface area contributed by atoms with Crippen LogP contribution in [-0.4, -0.2) is 25.0 Å². The van der Waals surface area contributed by atoms with Gasteiger partial charge in [-0.1, -0.05) is 18.2 Å². The van der Waals surface area contributed by atoms with Crippen molar-refractivity contribution in [1.82, 2.24) is 5.32 Å². The summed E-state index contributed by atoms with van der Waals surface area (Å²) in [6, 6.07) is 18.7. The molecule has 4 nitrogen and oxygen atoms in total. The Hall–Kier alpha value is -2.04. The largest absolute Gasteiger partial charge is 0.457 e. The number of piperidine rings is 1. The number of anilines is 1. The molecule has 0 saturated carbocycles. The summed E-state index contributed by atoms with van der Waals surface area (Å²) in [5.41, 5.74) is 0.910. The molecule has 0 aromatic heterocycles. The highest BCUT2D eigenvalue weighted by atomic mass is 35.5. The number of rotatable bonds is 5. The van der Waals surface area contributed by atoms with Crippen molar-refractivity contribution >= 4 is 24.0 Å². The summed E-state index contributed by atoms with van der Waals surface area (Å²) in [4.78, 5) is 14.5. The fourth-order valence-corrected chi connectivity index (χ4v) is 4.23. The third-order valence-electron chi connectivity index (χ3n) is 5.61. The van der Waals surface area contributed by atoms with E-state index in [1.165, 1.54) is 12.8 Å². The highest BCUT2D eigenvalue weighted by Gasteiger charge is 2.34. The molecule has 2 unspecified atom stereocenters. The van der Waals surface area contributed by atoms with Gasteiger partial charge in [0.1, 0.15) is 11.5 Å². The molecule has 2 heterocycles. The van der Waals surface area contributed by atoms with Crippen LogP contribution in [0.3, 0.4) is 0 Å². The second kappa shape index (κ2) is 8.77. The quantitative estimate of drug-likeness (QED) is 0.803. The van der Waals surface area contributed by atoms with Gasteiger partial charge in [-0.25, -0.2) is 0 Å². The minimum Gasteiger partial charge on any atom is -0.457 e. The first kappa shape index (κ1) is 19.7. The lowest BCUT2D eigenvalue weighted by atomic mass is 9.89. The van der Waals surface area contributed by atoms with Crippen LogP contribution in [0.2, 0.25) is 0 Å². The van der Waals surface area contributed by atoms with Crippen LogP contribution in [-0.2, 0) is 4.79 Å². The number of carbonyl (C=O) groups excluding carboxylic acids is 1. The second-order valence-electron chi connectivity index (χ2n) is 7.54. The SMILES string of the molecule is CN(C(=O)CC1CC2CCC(C1)N2)c1ccc(Oc2ccccc2)cc1.Cl. The third-order valence-corrected chi connectivity index (χ3v) is 5.61. The van der Waals surface area contributed by atoms with Crippen LogP contribution in [0.1, 0.15) is 32.1 Å². The average molecular weight is 387 g/mol. The molecule has 1 N–H and O–H groups in total. The smallest absolute Gasteiger partial charge is 0.226 e. The molecule has 2 aliphatic heterocycles. The molecule has 0 spiro atoms. The molecule has 4 rings (SSSR count). The Morgan fingerprint density at radius 3 is 2.22 bits per heavy atom. The molecule has 2 aromatic carbocycles. The summed E-state index contributed by atoms with van der Waals surface area (Å²) in [5.74, 6) is 2.30. The van der Waals surface area contributed by atoms with Gasteiger partial charge in [0.2, 0.25) is 5.91 Å². The monoisotopic (exact) mass is 386 g/mol. The second-order valence-corrected chi connectivity index (χ2v) is 7.54. The van der Waals surface area contributed by atoms with Crippen molar-refractivity contribution in [3.8, 4) is 11.5 Å². The van der Waals surface area contributed by atoms with Crippen molar-refractivity contribution in [1.29, 1.82) is 0 Å². The molecular formula is C22H27ClN2O2. The Morgan fingerprint density at radius 1 is 1.00 bits per heavy atom. The van der Waals surface area contributed by atoms with E-state index >= 15 is 0 Å². The summed E-state index contributed by atoms with van der Waals surface area (Å²) in [6.45, 7) is 0. The zero-order valence-electron chi connectivity index (χ0n) is 15.6. The highest BCUT2D eigenvalue weighted by molar-refractivity contribution is 5.93. The number of hydrogen-bond donors (Lipinski definition) is 1. The van der Waals surface area contributed by atoms with E-state index in [9.17, 15) is 4.79 Å². The number of benzene rings is 2. The van der Waals surface area contributed by atoms with E-state index in [0.717, 1.165) is 30.0 Å². The maximum atomic E-state index is 12.7. The van der Waals surface area contributed by atoms with Crippen LogP contribution in [0.4, 0.5) is 5.69 Å². The number of amides is 1. The minimum absolute atomic E-state index is 0. The van der Waals surface area contributed by atoms with Crippen molar-refractivity contribution in [2.24, 2.45) is 5.92 Å². The fraction of sp³-hybridized carbons (Fsp3) is 0.409. The maximum absolute atomic E-state index is 12.7. The molecular weight excluding hydrogens is 360 g/mol. The predicted molar refractivity (Wildman–Crippen MR) is 111 cm³/mol. The maximum Gasteiger partial charge on any atom is 0.226 e. The lowest BCUT2D eigenvalue weighted by Gasteiger charge is -2.30. The van der Waals surface area contributed by atoms with Crippen LogP contribution in [0.25, 0.3) is 0 Å². The van der Waals surface area contributed by atoms with Crippen molar-refractivity contribution in [3.05, 3.63) is 54.6 Å². The fourth-order valence-electron chi connectivity index (χ4n) is 4.23. The van der Waals surface area contributed by atoms with Gasteiger partial charge in [0.05, 0.1) is 0 Å². The van der Waals surface area contributed by atoms with Gasteiger partial charge < -0.3 is 15.0 Å². The van der Waals surface area contributed by atoms with Crippen molar-refractivity contribution in [2.45, 2.75) is 44.2 Å². The van der Waals surface area contributed by atoms with Gasteiger partial charge in [-0.3, -0.25) is 4.79 Å². The normalized spacial score (nSPS) is 23.4. The number of para-hydroxylation sites is 1. The van der Waals surface area contributed by atoms with Crippen LogP contribution in [0.5, 0.6) is 11.5 Å². The highest BCUT2D eigenvalue weighted by Crippen LogP contribution is 2.33. The third kappa shape index (κ3) is 4.82. The van der Waals surface area contributed by atoms with Gasteiger partial charge in [0.25, 0.3) is 0 Å². The molecule has 2 fully saturated rings. The number of halogens is 1. The molecule has 2 bridgehead atoms. The number of hydrogen-bond acceptors (Lipinski definition) is 3. The molecule has 27 heavy (non-hydrogen) atoms. The number of nitrogens with one attached hydrogen (secondary N) is 1. The Balaban J connectivity index is 0.00000210. The topological polar surface area (TPSA) is 41.6 Å². The standard InChI is InChI=1S/C22H26N2O2.ClH/c1-24(22(25)15-16-13-17-7-8-18(14-16)23-17)19-9-11-21(12-10-19)26-20-5-3-2-4-6-20;/h2-6,9-12,16-18,23H,7-8,13-15H2,1H3;1H. The van der Waals surface area contributed by atoms with Crippen molar-refractivity contribution in [3.63, 3.8) is 0 Å². The number of ether oxygens (including phenoxy) is 1.